The Morgan fingerprint density at radius 3 is 1.93 bits per heavy atom. The maximum atomic E-state index is 11.6. The lowest BCUT2D eigenvalue weighted by atomic mass is 10.0. The zero-order valence-electron chi connectivity index (χ0n) is 18.9. The van der Waals surface area contributed by atoms with Crippen molar-refractivity contribution in [3.05, 3.63) is 60.7 Å². The molecule has 0 aromatic heterocycles. The molecule has 1 aliphatic heterocycles. The van der Waals surface area contributed by atoms with Gasteiger partial charge < -0.3 is 18.7 Å². The summed E-state index contributed by atoms with van der Waals surface area (Å²) in [4.78, 5) is 11.6. The van der Waals surface area contributed by atoms with E-state index in [-0.39, 0.29) is 17.1 Å². The second kappa shape index (κ2) is 8.75. The van der Waals surface area contributed by atoms with E-state index in [2.05, 4.69) is 76.2 Å². The van der Waals surface area contributed by atoms with Gasteiger partial charge in [-0.2, -0.15) is 0 Å². The van der Waals surface area contributed by atoms with E-state index in [9.17, 15) is 4.79 Å². The van der Waals surface area contributed by atoms with Crippen molar-refractivity contribution in [1.29, 1.82) is 0 Å². The molecule has 2 aromatic rings. The lowest BCUT2D eigenvalue weighted by Crippen LogP contribution is -2.67. The predicted molar refractivity (Wildman–Crippen MR) is 123 cm³/mol. The van der Waals surface area contributed by atoms with Crippen LogP contribution in [-0.2, 0) is 18.7 Å². The van der Waals surface area contributed by atoms with Crippen LogP contribution in [0.1, 0.15) is 41.5 Å². The van der Waals surface area contributed by atoms with Gasteiger partial charge in [-0.3, -0.25) is 0 Å². The Labute approximate surface area is 181 Å². The second-order valence-corrected chi connectivity index (χ2v) is 14.0. The molecule has 5 heteroatoms. The molecule has 3 atom stereocenters. The molecule has 30 heavy (non-hydrogen) atoms. The first-order valence-electron chi connectivity index (χ1n) is 10.7. The Bertz CT molecular complexity index is 790. The van der Waals surface area contributed by atoms with Gasteiger partial charge in [-0.15, -0.1) is 0 Å². The van der Waals surface area contributed by atoms with Crippen molar-refractivity contribution < 1.29 is 18.7 Å². The molecule has 1 fully saturated rings. The van der Waals surface area contributed by atoms with Gasteiger partial charge in [0.1, 0.15) is 6.10 Å². The third kappa shape index (κ3) is 4.44. The SMILES string of the molecule is C[C@@H](CO[Si](c1ccccc1)(c1ccccc1)C(C)(C)C)[C@@H]1OC(C)(C)O[C@H]1C=O. The van der Waals surface area contributed by atoms with Gasteiger partial charge in [0.15, 0.2) is 12.1 Å². The van der Waals surface area contributed by atoms with E-state index in [1.807, 2.05) is 26.0 Å². The average Bonchev–Trinajstić information content (AvgIpc) is 3.04. The third-order valence-corrected chi connectivity index (χ3v) is 10.8. The van der Waals surface area contributed by atoms with Gasteiger partial charge >= 0.3 is 0 Å². The normalized spacial score (nSPS) is 22.6. The van der Waals surface area contributed by atoms with E-state index in [1.165, 1.54) is 10.4 Å². The smallest absolute Gasteiger partial charge is 0.261 e. The van der Waals surface area contributed by atoms with Gasteiger partial charge in [-0.25, -0.2) is 0 Å². The molecular formula is C25H34O4Si. The molecule has 0 saturated carbocycles. The Hall–Kier alpha value is -1.79. The van der Waals surface area contributed by atoms with E-state index in [1.54, 1.807) is 0 Å². The summed E-state index contributed by atoms with van der Waals surface area (Å²) in [6, 6.07) is 21.1. The molecule has 0 aliphatic carbocycles. The molecule has 3 rings (SSSR count). The topological polar surface area (TPSA) is 44.8 Å². The first-order chi connectivity index (χ1) is 14.1. The molecule has 0 bridgehead atoms. The molecular weight excluding hydrogens is 392 g/mol. The molecule has 4 nitrogen and oxygen atoms in total. The van der Waals surface area contributed by atoms with Crippen LogP contribution >= 0.6 is 0 Å². The highest BCUT2D eigenvalue weighted by Gasteiger charge is 2.51. The summed E-state index contributed by atoms with van der Waals surface area (Å²) in [7, 11) is -2.62. The van der Waals surface area contributed by atoms with Crippen LogP contribution in [0.15, 0.2) is 60.7 Å². The number of carbonyl (C=O) groups is 1. The third-order valence-electron chi connectivity index (χ3n) is 5.84. The fourth-order valence-electron chi connectivity index (χ4n) is 4.48. The lowest BCUT2D eigenvalue weighted by molar-refractivity contribution is -0.153. The number of carbonyl (C=O) groups excluding carboxylic acids is 1. The van der Waals surface area contributed by atoms with Crippen molar-refractivity contribution >= 4 is 25.0 Å². The van der Waals surface area contributed by atoms with Gasteiger partial charge in [0.2, 0.25) is 0 Å². The number of hydrogen-bond acceptors (Lipinski definition) is 4. The van der Waals surface area contributed by atoms with Gasteiger partial charge in [-0.1, -0.05) is 88.4 Å². The van der Waals surface area contributed by atoms with Gasteiger partial charge in [0.25, 0.3) is 8.32 Å². The van der Waals surface area contributed by atoms with Crippen LogP contribution in [0.5, 0.6) is 0 Å². The van der Waals surface area contributed by atoms with Crippen LogP contribution < -0.4 is 10.4 Å². The van der Waals surface area contributed by atoms with Crippen molar-refractivity contribution in [2.24, 2.45) is 5.92 Å². The van der Waals surface area contributed by atoms with Crippen LogP contribution in [-0.4, -0.2) is 39.2 Å². The Morgan fingerprint density at radius 1 is 1.00 bits per heavy atom. The fourth-order valence-corrected chi connectivity index (χ4v) is 9.14. The molecule has 0 unspecified atom stereocenters. The summed E-state index contributed by atoms with van der Waals surface area (Å²) in [5, 5.41) is 2.39. The Morgan fingerprint density at radius 2 is 1.50 bits per heavy atom. The van der Waals surface area contributed by atoms with Crippen molar-refractivity contribution in [2.45, 2.75) is 64.6 Å². The highest BCUT2D eigenvalue weighted by atomic mass is 28.4. The highest BCUT2D eigenvalue weighted by molar-refractivity contribution is 6.99. The summed E-state index contributed by atoms with van der Waals surface area (Å²) in [6.45, 7) is 13.0. The number of rotatable bonds is 7. The highest BCUT2D eigenvalue weighted by Crippen LogP contribution is 2.38. The van der Waals surface area contributed by atoms with Crippen LogP contribution in [0.4, 0.5) is 0 Å². The average molecular weight is 427 g/mol. The summed E-state index contributed by atoms with van der Waals surface area (Å²) in [5.41, 5.74) is 0. The van der Waals surface area contributed by atoms with Crippen LogP contribution in [0.3, 0.4) is 0 Å². The Balaban J connectivity index is 1.97. The standard InChI is InChI=1S/C25H34O4Si/c1-19(23-22(17-26)28-25(5,6)29-23)18-27-30(24(2,3)4,20-13-9-7-10-14-20)21-15-11-8-12-16-21/h7-17,19,22-23H,18H2,1-6H3/t19-,22-,23-/m0/s1. The lowest BCUT2D eigenvalue weighted by Gasteiger charge is -2.44. The summed E-state index contributed by atoms with van der Waals surface area (Å²) >= 11 is 0. The van der Waals surface area contributed by atoms with Gasteiger partial charge in [-0.05, 0) is 29.3 Å². The molecule has 162 valence electrons. The van der Waals surface area contributed by atoms with E-state index in [0.29, 0.717) is 6.61 Å². The number of benzene rings is 2. The quantitative estimate of drug-likeness (QED) is 0.497. The number of hydrogen-bond donors (Lipinski definition) is 0. The van der Waals surface area contributed by atoms with E-state index < -0.39 is 20.2 Å². The monoisotopic (exact) mass is 426 g/mol. The van der Waals surface area contributed by atoms with Crippen LogP contribution in [0, 0.1) is 5.92 Å². The molecule has 0 N–H and O–H groups in total. The predicted octanol–water partition coefficient (Wildman–Crippen LogP) is 3.92. The van der Waals surface area contributed by atoms with Gasteiger partial charge in [0.05, 0.1) is 6.10 Å². The number of aldehydes is 1. The summed E-state index contributed by atoms with van der Waals surface area (Å²) in [5.74, 6) is -0.759. The van der Waals surface area contributed by atoms with E-state index >= 15 is 0 Å². The second-order valence-electron chi connectivity index (χ2n) is 9.65. The first-order valence-corrected chi connectivity index (χ1v) is 12.6. The van der Waals surface area contributed by atoms with Crippen molar-refractivity contribution in [2.75, 3.05) is 6.61 Å². The summed E-state index contributed by atoms with van der Waals surface area (Å²) < 4.78 is 18.8. The zero-order valence-corrected chi connectivity index (χ0v) is 19.9. The molecule has 2 aromatic carbocycles. The van der Waals surface area contributed by atoms with Crippen LogP contribution in [0.25, 0.3) is 0 Å². The summed E-state index contributed by atoms with van der Waals surface area (Å²) in [6.07, 6.45) is -0.0490. The van der Waals surface area contributed by atoms with E-state index in [0.717, 1.165) is 6.29 Å². The largest absolute Gasteiger partial charge is 0.407 e. The number of ether oxygens (including phenoxy) is 2. The van der Waals surface area contributed by atoms with E-state index in [4.69, 9.17) is 13.9 Å². The molecule has 0 amide bonds. The minimum Gasteiger partial charge on any atom is -0.407 e. The molecule has 0 radical (unpaired) electrons. The van der Waals surface area contributed by atoms with Crippen molar-refractivity contribution in [3.63, 3.8) is 0 Å². The van der Waals surface area contributed by atoms with Crippen molar-refractivity contribution in [3.8, 4) is 0 Å². The Kier molecular flexibility index (Phi) is 6.68. The maximum absolute atomic E-state index is 11.6. The van der Waals surface area contributed by atoms with Gasteiger partial charge in [0, 0.05) is 12.5 Å². The molecule has 1 aliphatic rings. The molecule has 0 spiro atoms. The fraction of sp³-hybridized carbons (Fsp3) is 0.480. The zero-order chi connectivity index (χ0) is 22.0. The first kappa shape index (κ1) is 22.9. The molecule has 1 heterocycles. The van der Waals surface area contributed by atoms with Crippen molar-refractivity contribution in [1.82, 2.24) is 0 Å². The minimum absolute atomic E-state index is 0.00336. The minimum atomic E-state index is -2.62. The maximum Gasteiger partial charge on any atom is 0.261 e. The molecule has 1 saturated heterocycles. The van der Waals surface area contributed by atoms with Crippen LogP contribution in [0.2, 0.25) is 5.04 Å².